The third-order valence-corrected chi connectivity index (χ3v) is 5.17. The lowest BCUT2D eigenvalue weighted by Crippen LogP contribution is -2.37. The average molecular weight is 463 g/mol. The fraction of sp³-hybridized carbons (Fsp3) is 0.381. The molecule has 9 nitrogen and oxygen atoms in total. The van der Waals surface area contributed by atoms with Crippen molar-refractivity contribution in [3.8, 4) is 17.5 Å². The largest absolute Gasteiger partial charge is 0.490 e. The highest BCUT2D eigenvalue weighted by atomic mass is 19.4. The van der Waals surface area contributed by atoms with Gasteiger partial charge in [0.25, 0.3) is 5.91 Å². The number of nitrogens with one attached hydrogen (secondary N) is 1. The van der Waals surface area contributed by atoms with Crippen molar-refractivity contribution in [2.75, 3.05) is 20.3 Å². The Kier molecular flexibility index (Phi) is 7.25. The number of carboxylic acid groups (broad SMARTS) is 1. The second-order valence-electron chi connectivity index (χ2n) is 7.45. The normalized spacial score (nSPS) is 19.5. The SMILES string of the molecule is COC[C@@H]1C[C@@H](N2Cc3cnc(-c4cccc(C#N)c4)nc3C2=O)CN1.O=C(O)C(F)(F)F. The minimum atomic E-state index is -5.08. The van der Waals surface area contributed by atoms with E-state index in [9.17, 15) is 18.0 Å². The zero-order valence-electron chi connectivity index (χ0n) is 17.5. The van der Waals surface area contributed by atoms with Gasteiger partial charge in [-0.05, 0) is 18.6 Å². The number of methoxy groups -OCH3 is 1. The summed E-state index contributed by atoms with van der Waals surface area (Å²) in [6, 6.07) is 9.62. The molecule has 12 heteroatoms. The Bertz CT molecular complexity index is 1090. The van der Waals surface area contributed by atoms with Gasteiger partial charge in [-0.15, -0.1) is 0 Å². The van der Waals surface area contributed by atoms with Crippen molar-refractivity contribution < 1.29 is 32.6 Å². The smallest absolute Gasteiger partial charge is 0.475 e. The van der Waals surface area contributed by atoms with Crippen LogP contribution in [0.25, 0.3) is 11.4 Å². The Morgan fingerprint density at radius 1 is 1.42 bits per heavy atom. The van der Waals surface area contributed by atoms with Crippen molar-refractivity contribution in [2.45, 2.75) is 31.2 Å². The first-order valence-electron chi connectivity index (χ1n) is 9.84. The van der Waals surface area contributed by atoms with Crippen LogP contribution in [0.3, 0.4) is 0 Å². The fourth-order valence-corrected chi connectivity index (χ4v) is 3.62. The molecule has 1 saturated heterocycles. The number of hydrogen-bond acceptors (Lipinski definition) is 7. The number of halogens is 3. The summed E-state index contributed by atoms with van der Waals surface area (Å²) in [6.07, 6.45) is -2.48. The molecule has 2 aliphatic heterocycles. The molecule has 2 aromatic rings. The van der Waals surface area contributed by atoms with E-state index in [1.54, 1.807) is 31.5 Å². The molecule has 3 heterocycles. The van der Waals surface area contributed by atoms with Crippen LogP contribution in [0.2, 0.25) is 0 Å². The molecule has 0 unspecified atom stereocenters. The van der Waals surface area contributed by atoms with Crippen molar-refractivity contribution in [1.82, 2.24) is 20.2 Å². The van der Waals surface area contributed by atoms with Gasteiger partial charge in [-0.2, -0.15) is 18.4 Å². The third kappa shape index (κ3) is 5.63. The summed E-state index contributed by atoms with van der Waals surface area (Å²) in [7, 11) is 1.68. The number of rotatable bonds is 4. The summed E-state index contributed by atoms with van der Waals surface area (Å²) in [5, 5.41) is 19.6. The molecule has 1 aromatic heterocycles. The highest BCUT2D eigenvalue weighted by molar-refractivity contribution is 5.97. The quantitative estimate of drug-likeness (QED) is 0.705. The van der Waals surface area contributed by atoms with E-state index in [2.05, 4.69) is 21.4 Å². The van der Waals surface area contributed by atoms with E-state index in [1.165, 1.54) is 0 Å². The van der Waals surface area contributed by atoms with Crippen molar-refractivity contribution in [3.05, 3.63) is 47.3 Å². The number of alkyl halides is 3. The highest BCUT2D eigenvalue weighted by Gasteiger charge is 2.39. The van der Waals surface area contributed by atoms with Crippen molar-refractivity contribution in [2.24, 2.45) is 0 Å². The molecule has 4 rings (SSSR count). The van der Waals surface area contributed by atoms with Gasteiger partial charge in [0.2, 0.25) is 0 Å². The Morgan fingerprint density at radius 3 is 2.79 bits per heavy atom. The second kappa shape index (κ2) is 9.93. The zero-order chi connectivity index (χ0) is 24.2. The van der Waals surface area contributed by atoms with Gasteiger partial charge >= 0.3 is 12.1 Å². The molecule has 174 valence electrons. The van der Waals surface area contributed by atoms with E-state index in [0.717, 1.165) is 24.1 Å². The number of carboxylic acids is 1. The first-order valence-corrected chi connectivity index (χ1v) is 9.84. The number of fused-ring (bicyclic) bond motifs is 1. The number of carbonyl (C=O) groups is 2. The van der Waals surface area contributed by atoms with Gasteiger partial charge in [0.1, 0.15) is 5.69 Å². The first kappa shape index (κ1) is 24.1. The van der Waals surface area contributed by atoms with E-state index in [0.29, 0.717) is 30.2 Å². The number of aromatic nitrogens is 2. The summed E-state index contributed by atoms with van der Waals surface area (Å²) in [5.41, 5.74) is 2.60. The molecule has 1 aromatic carbocycles. The molecule has 2 aliphatic rings. The maximum Gasteiger partial charge on any atom is 0.490 e. The molecular formula is C21H20F3N5O4. The van der Waals surface area contributed by atoms with Crippen LogP contribution in [-0.4, -0.2) is 70.4 Å². The molecule has 2 atom stereocenters. The Hall–Kier alpha value is -3.56. The molecule has 2 N–H and O–H groups in total. The lowest BCUT2D eigenvalue weighted by atomic mass is 10.1. The van der Waals surface area contributed by atoms with Crippen LogP contribution in [0, 0.1) is 11.3 Å². The predicted octanol–water partition coefficient (Wildman–Crippen LogP) is 1.98. The van der Waals surface area contributed by atoms with Gasteiger partial charge in [0.15, 0.2) is 5.82 Å². The number of amides is 1. The van der Waals surface area contributed by atoms with Gasteiger partial charge in [0, 0.05) is 43.1 Å². The van der Waals surface area contributed by atoms with Gasteiger partial charge in [-0.1, -0.05) is 12.1 Å². The Morgan fingerprint density at radius 2 is 2.15 bits per heavy atom. The van der Waals surface area contributed by atoms with E-state index >= 15 is 0 Å². The summed E-state index contributed by atoms with van der Waals surface area (Å²) in [5.74, 6) is -2.34. The van der Waals surface area contributed by atoms with Crippen LogP contribution in [-0.2, 0) is 16.1 Å². The molecule has 0 saturated carbocycles. The number of ether oxygens (including phenoxy) is 1. The van der Waals surface area contributed by atoms with Crippen LogP contribution < -0.4 is 5.32 Å². The number of nitrogens with zero attached hydrogens (tertiary/aromatic N) is 4. The average Bonchev–Trinajstić information content (AvgIpc) is 3.38. The minimum absolute atomic E-state index is 0.0510. The molecule has 0 bridgehead atoms. The fourth-order valence-electron chi connectivity index (χ4n) is 3.62. The molecule has 0 aliphatic carbocycles. The van der Waals surface area contributed by atoms with E-state index < -0.39 is 12.1 Å². The van der Waals surface area contributed by atoms with Gasteiger partial charge in [-0.3, -0.25) is 4.79 Å². The maximum absolute atomic E-state index is 12.9. The highest BCUT2D eigenvalue weighted by Crippen LogP contribution is 2.28. The number of aliphatic carboxylic acids is 1. The number of benzene rings is 1. The first-order chi connectivity index (χ1) is 15.6. The van der Waals surface area contributed by atoms with Crippen molar-refractivity contribution in [1.29, 1.82) is 5.26 Å². The van der Waals surface area contributed by atoms with Crippen LogP contribution in [0.5, 0.6) is 0 Å². The van der Waals surface area contributed by atoms with Gasteiger partial charge in [-0.25, -0.2) is 14.8 Å². The standard InChI is InChI=1S/C19H19N5O2.C2HF3O2/c1-26-11-15-6-16(9-21-15)24-10-14-8-22-18(23-17(14)19(24)25)13-4-2-3-12(5-13)7-20;3-2(4,5)1(6)7/h2-5,8,15-16,21H,6,9-11H2,1H3;(H,6,7)/t15-,16+;/m0./s1. The summed E-state index contributed by atoms with van der Waals surface area (Å²) < 4.78 is 36.9. The van der Waals surface area contributed by atoms with E-state index in [1.807, 2.05) is 11.0 Å². The molecule has 1 amide bonds. The second-order valence-corrected chi connectivity index (χ2v) is 7.45. The number of nitriles is 1. The number of hydrogen-bond donors (Lipinski definition) is 2. The van der Waals surface area contributed by atoms with Crippen LogP contribution in [0.1, 0.15) is 28.0 Å². The molecule has 0 radical (unpaired) electrons. The maximum atomic E-state index is 12.9. The molecule has 33 heavy (non-hydrogen) atoms. The van der Waals surface area contributed by atoms with Crippen LogP contribution in [0.4, 0.5) is 13.2 Å². The predicted molar refractivity (Wildman–Crippen MR) is 108 cm³/mol. The summed E-state index contributed by atoms with van der Waals surface area (Å²) in [4.78, 5) is 32.5. The zero-order valence-corrected chi connectivity index (χ0v) is 17.5. The Balaban J connectivity index is 0.000000383. The van der Waals surface area contributed by atoms with Crippen molar-refractivity contribution in [3.63, 3.8) is 0 Å². The van der Waals surface area contributed by atoms with Crippen LogP contribution in [0.15, 0.2) is 30.5 Å². The monoisotopic (exact) mass is 463 g/mol. The number of carbonyl (C=O) groups excluding carboxylic acids is 1. The van der Waals surface area contributed by atoms with E-state index in [4.69, 9.17) is 19.9 Å². The minimum Gasteiger partial charge on any atom is -0.475 e. The van der Waals surface area contributed by atoms with Crippen LogP contribution >= 0.6 is 0 Å². The van der Waals surface area contributed by atoms with E-state index in [-0.39, 0.29) is 18.0 Å². The van der Waals surface area contributed by atoms with Crippen molar-refractivity contribution >= 4 is 11.9 Å². The molecule has 1 fully saturated rings. The molecular weight excluding hydrogens is 443 g/mol. The molecule has 0 spiro atoms. The lowest BCUT2D eigenvalue weighted by Gasteiger charge is -2.22. The summed E-state index contributed by atoms with van der Waals surface area (Å²) in [6.45, 7) is 1.95. The van der Waals surface area contributed by atoms with Gasteiger partial charge < -0.3 is 20.1 Å². The third-order valence-electron chi connectivity index (χ3n) is 5.17. The lowest BCUT2D eigenvalue weighted by molar-refractivity contribution is -0.192. The summed E-state index contributed by atoms with van der Waals surface area (Å²) >= 11 is 0. The topological polar surface area (TPSA) is 128 Å². The Labute approximate surface area is 186 Å². The van der Waals surface area contributed by atoms with Gasteiger partial charge in [0.05, 0.1) is 24.8 Å².